The van der Waals surface area contributed by atoms with Gasteiger partial charge in [0.25, 0.3) is 0 Å². The van der Waals surface area contributed by atoms with Gasteiger partial charge in [-0.15, -0.1) is 0 Å². The molecule has 1 unspecified atom stereocenters. The highest BCUT2D eigenvalue weighted by molar-refractivity contribution is 9.10. The van der Waals surface area contributed by atoms with Gasteiger partial charge in [-0.3, -0.25) is 0 Å². The van der Waals surface area contributed by atoms with Crippen molar-refractivity contribution in [3.8, 4) is 0 Å². The third kappa shape index (κ3) is 4.24. The third-order valence-corrected chi connectivity index (χ3v) is 4.72. The van der Waals surface area contributed by atoms with Crippen LogP contribution in [0.5, 0.6) is 0 Å². The molecule has 102 valence electrons. The fourth-order valence-electron chi connectivity index (χ4n) is 1.41. The maximum absolute atomic E-state index is 12.1. The molecule has 0 radical (unpaired) electrons. The van der Waals surface area contributed by atoms with Gasteiger partial charge in [0, 0.05) is 30.4 Å². The first-order valence-electron chi connectivity index (χ1n) is 5.40. The highest BCUT2D eigenvalue weighted by Crippen LogP contribution is 2.24. The van der Waals surface area contributed by atoms with Crippen LogP contribution in [0, 0.1) is 5.92 Å². The van der Waals surface area contributed by atoms with Gasteiger partial charge in [-0.25, -0.2) is 13.1 Å². The summed E-state index contributed by atoms with van der Waals surface area (Å²) in [6.45, 7) is 2.74. The Hall–Kier alpha value is -0.630. The maximum atomic E-state index is 12.1. The van der Waals surface area contributed by atoms with Gasteiger partial charge in [0.05, 0.1) is 4.90 Å². The van der Waals surface area contributed by atoms with E-state index in [4.69, 9.17) is 10.5 Å². The van der Waals surface area contributed by atoms with E-state index < -0.39 is 10.0 Å². The Morgan fingerprint density at radius 3 is 2.72 bits per heavy atom. The standard InChI is InChI=1S/C11H17BrN2O3S/c1-8(7-17-2)6-14-18(15,16)11-4-3-9(13)5-10(11)12/h3-5,8,14H,6-7,13H2,1-2H3. The Kier molecular flexibility index (Phi) is 5.58. The quantitative estimate of drug-likeness (QED) is 0.773. The van der Waals surface area contributed by atoms with Crippen LogP contribution in [-0.2, 0) is 14.8 Å². The second-order valence-electron chi connectivity index (χ2n) is 4.10. The lowest BCUT2D eigenvalue weighted by molar-refractivity contribution is 0.161. The van der Waals surface area contributed by atoms with Crippen LogP contribution in [0.1, 0.15) is 6.92 Å². The summed E-state index contributed by atoms with van der Waals surface area (Å²) < 4.78 is 32.0. The summed E-state index contributed by atoms with van der Waals surface area (Å²) in [7, 11) is -1.94. The number of nitrogens with two attached hydrogens (primary N) is 1. The van der Waals surface area contributed by atoms with Crippen LogP contribution in [0.15, 0.2) is 27.6 Å². The minimum Gasteiger partial charge on any atom is -0.399 e. The number of halogens is 1. The van der Waals surface area contributed by atoms with Crippen molar-refractivity contribution in [2.24, 2.45) is 5.92 Å². The van der Waals surface area contributed by atoms with E-state index in [1.807, 2.05) is 6.92 Å². The van der Waals surface area contributed by atoms with Crippen LogP contribution in [-0.4, -0.2) is 28.7 Å². The molecular weight excluding hydrogens is 320 g/mol. The van der Waals surface area contributed by atoms with Crippen molar-refractivity contribution >= 4 is 31.6 Å². The van der Waals surface area contributed by atoms with Gasteiger partial charge < -0.3 is 10.5 Å². The zero-order valence-corrected chi connectivity index (χ0v) is 12.7. The second kappa shape index (κ2) is 6.51. The van der Waals surface area contributed by atoms with Gasteiger partial charge in [-0.05, 0) is 40.0 Å². The molecule has 5 nitrogen and oxygen atoms in total. The van der Waals surface area contributed by atoms with Gasteiger partial charge in [-0.2, -0.15) is 0 Å². The molecule has 0 saturated carbocycles. The normalized spacial score (nSPS) is 13.5. The van der Waals surface area contributed by atoms with Crippen LogP contribution in [0.4, 0.5) is 5.69 Å². The van der Waals surface area contributed by atoms with Crippen molar-refractivity contribution in [2.45, 2.75) is 11.8 Å². The van der Waals surface area contributed by atoms with Crippen molar-refractivity contribution in [3.63, 3.8) is 0 Å². The smallest absolute Gasteiger partial charge is 0.241 e. The van der Waals surface area contributed by atoms with Crippen LogP contribution in [0.3, 0.4) is 0 Å². The lowest BCUT2D eigenvalue weighted by Crippen LogP contribution is -2.30. The topological polar surface area (TPSA) is 81.4 Å². The number of anilines is 1. The largest absolute Gasteiger partial charge is 0.399 e. The Labute approximate surface area is 116 Å². The number of methoxy groups -OCH3 is 1. The summed E-state index contributed by atoms with van der Waals surface area (Å²) in [5.74, 6) is 0.109. The van der Waals surface area contributed by atoms with E-state index in [0.717, 1.165) is 0 Å². The molecule has 0 fully saturated rings. The fraction of sp³-hybridized carbons (Fsp3) is 0.455. The zero-order valence-electron chi connectivity index (χ0n) is 10.3. The molecule has 18 heavy (non-hydrogen) atoms. The van der Waals surface area contributed by atoms with E-state index >= 15 is 0 Å². The highest BCUT2D eigenvalue weighted by atomic mass is 79.9. The predicted molar refractivity (Wildman–Crippen MR) is 74.8 cm³/mol. The van der Waals surface area contributed by atoms with Crippen molar-refractivity contribution in [2.75, 3.05) is 26.0 Å². The predicted octanol–water partition coefficient (Wildman–Crippen LogP) is 1.59. The lowest BCUT2D eigenvalue weighted by Gasteiger charge is -2.13. The summed E-state index contributed by atoms with van der Waals surface area (Å²) in [5.41, 5.74) is 6.08. The summed E-state index contributed by atoms with van der Waals surface area (Å²) in [6.07, 6.45) is 0. The number of sulfonamides is 1. The summed E-state index contributed by atoms with van der Waals surface area (Å²) in [6, 6.07) is 4.59. The average molecular weight is 337 g/mol. The number of nitrogen functional groups attached to an aromatic ring is 1. The minimum absolute atomic E-state index is 0.109. The van der Waals surface area contributed by atoms with Crippen molar-refractivity contribution in [3.05, 3.63) is 22.7 Å². The van der Waals surface area contributed by atoms with E-state index in [-0.39, 0.29) is 10.8 Å². The van der Waals surface area contributed by atoms with E-state index in [1.165, 1.54) is 6.07 Å². The molecule has 0 aliphatic heterocycles. The Bertz CT molecular complexity index is 505. The Morgan fingerprint density at radius 1 is 1.50 bits per heavy atom. The monoisotopic (exact) mass is 336 g/mol. The number of hydrogen-bond donors (Lipinski definition) is 2. The average Bonchev–Trinajstić information content (AvgIpc) is 2.26. The summed E-state index contributed by atoms with van der Waals surface area (Å²) in [5, 5.41) is 0. The molecule has 0 spiro atoms. The number of nitrogens with one attached hydrogen (secondary N) is 1. The molecule has 1 rings (SSSR count). The number of hydrogen-bond acceptors (Lipinski definition) is 4. The number of rotatable bonds is 6. The van der Waals surface area contributed by atoms with Crippen LogP contribution in [0.2, 0.25) is 0 Å². The van der Waals surface area contributed by atoms with Gasteiger partial charge >= 0.3 is 0 Å². The number of benzene rings is 1. The molecule has 0 bridgehead atoms. The molecule has 0 saturated heterocycles. The molecule has 0 aromatic heterocycles. The first kappa shape index (κ1) is 15.4. The first-order valence-corrected chi connectivity index (χ1v) is 7.68. The molecule has 1 aromatic carbocycles. The fourth-order valence-corrected chi connectivity index (χ4v) is 3.67. The maximum Gasteiger partial charge on any atom is 0.241 e. The Morgan fingerprint density at radius 2 is 2.17 bits per heavy atom. The molecule has 7 heteroatoms. The van der Waals surface area contributed by atoms with Crippen molar-refractivity contribution < 1.29 is 13.2 Å². The molecule has 1 atom stereocenters. The van der Waals surface area contributed by atoms with Crippen LogP contribution >= 0.6 is 15.9 Å². The highest BCUT2D eigenvalue weighted by Gasteiger charge is 2.18. The van der Waals surface area contributed by atoms with Crippen LogP contribution < -0.4 is 10.5 Å². The third-order valence-electron chi connectivity index (χ3n) is 2.32. The zero-order chi connectivity index (χ0) is 13.8. The van der Waals surface area contributed by atoms with Crippen molar-refractivity contribution in [1.29, 1.82) is 0 Å². The molecule has 3 N–H and O–H groups in total. The van der Waals surface area contributed by atoms with Gasteiger partial charge in [0.2, 0.25) is 10.0 Å². The SMILES string of the molecule is COCC(C)CNS(=O)(=O)c1ccc(N)cc1Br. The summed E-state index contributed by atoms with van der Waals surface area (Å²) in [4.78, 5) is 0.182. The minimum atomic E-state index is -3.53. The van der Waals surface area contributed by atoms with Crippen LogP contribution in [0.25, 0.3) is 0 Å². The molecule has 0 amide bonds. The van der Waals surface area contributed by atoms with E-state index in [9.17, 15) is 8.42 Å². The summed E-state index contributed by atoms with van der Waals surface area (Å²) >= 11 is 3.20. The van der Waals surface area contributed by atoms with Gasteiger partial charge in [0.15, 0.2) is 0 Å². The first-order chi connectivity index (χ1) is 8.36. The molecule has 0 aliphatic carbocycles. The van der Waals surface area contributed by atoms with E-state index in [2.05, 4.69) is 20.7 Å². The lowest BCUT2D eigenvalue weighted by atomic mass is 10.2. The second-order valence-corrected chi connectivity index (χ2v) is 6.69. The molecular formula is C11H17BrN2O3S. The number of ether oxygens (including phenoxy) is 1. The van der Waals surface area contributed by atoms with Gasteiger partial charge in [0.1, 0.15) is 0 Å². The molecule has 0 aliphatic rings. The van der Waals surface area contributed by atoms with Gasteiger partial charge in [-0.1, -0.05) is 6.92 Å². The molecule has 1 aromatic rings. The van der Waals surface area contributed by atoms with E-state index in [1.54, 1.807) is 19.2 Å². The Balaban J connectivity index is 2.80. The van der Waals surface area contributed by atoms with E-state index in [0.29, 0.717) is 23.3 Å². The molecule has 0 heterocycles. The van der Waals surface area contributed by atoms with Crippen molar-refractivity contribution in [1.82, 2.24) is 4.72 Å².